The highest BCUT2D eigenvalue weighted by Crippen LogP contribution is 2.27. The fourth-order valence-electron chi connectivity index (χ4n) is 1.72. The van der Waals surface area contributed by atoms with Crippen LogP contribution >= 0.6 is 22.6 Å². The highest BCUT2D eigenvalue weighted by Gasteiger charge is 2.34. The minimum absolute atomic E-state index is 0.202. The molecule has 17 heavy (non-hydrogen) atoms. The predicted molar refractivity (Wildman–Crippen MR) is 65.7 cm³/mol. The summed E-state index contributed by atoms with van der Waals surface area (Å²) in [5.41, 5.74) is -1.05. The maximum atomic E-state index is 11.6. The molecule has 0 saturated carbocycles. The molecule has 0 aliphatic carbocycles. The van der Waals surface area contributed by atoms with E-state index in [0.29, 0.717) is 3.57 Å². The van der Waals surface area contributed by atoms with Crippen molar-refractivity contribution < 1.29 is 14.9 Å². The third kappa shape index (κ3) is 2.44. The summed E-state index contributed by atoms with van der Waals surface area (Å²) in [4.78, 5) is 24.9. The molecule has 0 spiro atoms. The van der Waals surface area contributed by atoms with E-state index in [1.54, 1.807) is 22.6 Å². The Morgan fingerprint density at radius 3 is 2.88 bits per heavy atom. The number of aromatic nitrogens is 2. The summed E-state index contributed by atoms with van der Waals surface area (Å²) in [6.07, 6.45) is -0.607. The number of aromatic amines is 1. The molecule has 3 atom stereocenters. The van der Waals surface area contributed by atoms with E-state index in [0.717, 1.165) is 0 Å². The van der Waals surface area contributed by atoms with E-state index in [9.17, 15) is 14.7 Å². The van der Waals surface area contributed by atoms with Crippen molar-refractivity contribution in [2.45, 2.75) is 24.9 Å². The summed E-state index contributed by atoms with van der Waals surface area (Å²) in [6, 6.07) is 0. The number of nitrogens with zero attached hydrogens (tertiary/aromatic N) is 1. The fraction of sp³-hybridized carbons (Fsp3) is 0.556. The highest BCUT2D eigenvalue weighted by molar-refractivity contribution is 14.1. The van der Waals surface area contributed by atoms with Crippen molar-refractivity contribution in [3.05, 3.63) is 30.6 Å². The van der Waals surface area contributed by atoms with Crippen molar-refractivity contribution >= 4 is 22.6 Å². The van der Waals surface area contributed by atoms with E-state index in [2.05, 4.69) is 4.98 Å². The number of H-pyrrole nitrogens is 1. The van der Waals surface area contributed by atoms with Gasteiger partial charge in [0.2, 0.25) is 0 Å². The summed E-state index contributed by atoms with van der Waals surface area (Å²) in [5.74, 6) is 0. The topological polar surface area (TPSA) is 105 Å². The second-order valence-corrected chi connectivity index (χ2v) is 4.92. The molecule has 8 heteroatoms. The zero-order valence-electron chi connectivity index (χ0n) is 8.67. The monoisotopic (exact) mass is 354 g/mol. The first-order valence-electron chi connectivity index (χ1n) is 4.98. The van der Waals surface area contributed by atoms with Crippen LogP contribution in [-0.4, -0.2) is 38.6 Å². The lowest BCUT2D eigenvalue weighted by atomic mass is 10.2. The van der Waals surface area contributed by atoms with Gasteiger partial charge >= 0.3 is 5.69 Å². The van der Waals surface area contributed by atoms with E-state index >= 15 is 0 Å². The van der Waals surface area contributed by atoms with Gasteiger partial charge < -0.3 is 14.9 Å². The molecule has 3 N–H and O–H groups in total. The molecule has 2 heterocycles. The molecular weight excluding hydrogens is 343 g/mol. The normalized spacial score (nSPS) is 28.5. The van der Waals surface area contributed by atoms with Crippen LogP contribution in [0.1, 0.15) is 12.6 Å². The van der Waals surface area contributed by atoms with Crippen molar-refractivity contribution in [3.63, 3.8) is 0 Å². The van der Waals surface area contributed by atoms with Crippen LogP contribution < -0.4 is 11.2 Å². The van der Waals surface area contributed by atoms with Gasteiger partial charge in [0.15, 0.2) is 0 Å². The zero-order valence-corrected chi connectivity index (χ0v) is 10.8. The van der Waals surface area contributed by atoms with Gasteiger partial charge in [0.1, 0.15) is 12.3 Å². The fourth-order valence-corrected chi connectivity index (χ4v) is 2.16. The lowest BCUT2D eigenvalue weighted by Crippen LogP contribution is -2.33. The third-order valence-electron chi connectivity index (χ3n) is 2.62. The van der Waals surface area contributed by atoms with E-state index in [4.69, 9.17) is 9.84 Å². The Hall–Kier alpha value is -0.710. The van der Waals surface area contributed by atoms with E-state index in [1.807, 2.05) is 0 Å². The Morgan fingerprint density at radius 1 is 1.59 bits per heavy atom. The Labute approximate surface area is 109 Å². The van der Waals surface area contributed by atoms with Crippen molar-refractivity contribution in [3.8, 4) is 0 Å². The lowest BCUT2D eigenvalue weighted by Gasteiger charge is -2.14. The summed E-state index contributed by atoms with van der Waals surface area (Å²) in [5, 5.41) is 18.5. The molecule has 0 unspecified atom stereocenters. The SMILES string of the molecule is O=c1[nH]c(=O)n([C@@H]2C[C@@H](O)[C@H](CO)O2)cc1I. The Kier molecular flexibility index (Phi) is 3.66. The molecule has 1 saturated heterocycles. The first-order chi connectivity index (χ1) is 8.02. The van der Waals surface area contributed by atoms with Gasteiger partial charge in [0.05, 0.1) is 16.3 Å². The number of nitrogens with one attached hydrogen (secondary N) is 1. The molecule has 0 amide bonds. The number of aliphatic hydroxyl groups is 2. The summed E-state index contributed by atoms with van der Waals surface area (Å²) < 4.78 is 6.89. The molecule has 0 aromatic carbocycles. The predicted octanol–water partition coefficient (Wildman–Crippen LogP) is -1.22. The lowest BCUT2D eigenvalue weighted by molar-refractivity contribution is -0.0459. The molecule has 7 nitrogen and oxygen atoms in total. The van der Waals surface area contributed by atoms with Crippen LogP contribution in [0, 0.1) is 3.57 Å². The van der Waals surface area contributed by atoms with Crippen LogP contribution in [0.3, 0.4) is 0 Å². The van der Waals surface area contributed by atoms with Crippen LogP contribution in [-0.2, 0) is 4.74 Å². The molecule has 94 valence electrons. The maximum absolute atomic E-state index is 11.6. The molecule has 1 aromatic heterocycles. The van der Waals surface area contributed by atoms with Crippen molar-refractivity contribution in [2.75, 3.05) is 6.61 Å². The average molecular weight is 354 g/mol. The number of hydrogen-bond donors (Lipinski definition) is 3. The van der Waals surface area contributed by atoms with Gasteiger partial charge in [-0.15, -0.1) is 0 Å². The highest BCUT2D eigenvalue weighted by atomic mass is 127. The standard InChI is InChI=1S/C9H11IN2O5/c10-4-2-12(9(16)11-8(4)15)7-1-5(14)6(3-13)17-7/h2,5-7,13-14H,1,3H2,(H,11,15,16)/t5-,6+,7+/m1/s1. The van der Waals surface area contributed by atoms with Gasteiger partial charge in [0, 0.05) is 12.6 Å². The molecule has 1 fully saturated rings. The zero-order chi connectivity index (χ0) is 12.6. The Morgan fingerprint density at radius 2 is 2.29 bits per heavy atom. The third-order valence-corrected chi connectivity index (χ3v) is 3.39. The number of hydrogen-bond acceptors (Lipinski definition) is 5. The first-order valence-corrected chi connectivity index (χ1v) is 6.06. The number of ether oxygens (including phenoxy) is 1. The quantitative estimate of drug-likeness (QED) is 0.578. The Bertz CT molecular complexity index is 525. The van der Waals surface area contributed by atoms with Gasteiger partial charge in [-0.1, -0.05) is 0 Å². The van der Waals surface area contributed by atoms with Crippen LogP contribution in [0.5, 0.6) is 0 Å². The summed E-state index contributed by atoms with van der Waals surface area (Å²) >= 11 is 1.80. The number of halogens is 1. The van der Waals surface area contributed by atoms with Crippen molar-refractivity contribution in [1.82, 2.24) is 9.55 Å². The van der Waals surface area contributed by atoms with Gasteiger partial charge in [-0.2, -0.15) is 0 Å². The van der Waals surface area contributed by atoms with Crippen molar-refractivity contribution in [2.24, 2.45) is 0 Å². The molecular formula is C9H11IN2O5. The smallest absolute Gasteiger partial charge is 0.330 e. The second kappa shape index (κ2) is 4.88. The Balaban J connectivity index is 2.34. The maximum Gasteiger partial charge on any atom is 0.330 e. The van der Waals surface area contributed by atoms with Crippen molar-refractivity contribution in [1.29, 1.82) is 0 Å². The number of rotatable bonds is 2. The number of aliphatic hydroxyl groups excluding tert-OH is 2. The molecule has 1 aliphatic heterocycles. The average Bonchev–Trinajstić information content (AvgIpc) is 2.65. The van der Waals surface area contributed by atoms with Crippen LogP contribution in [0.4, 0.5) is 0 Å². The minimum atomic E-state index is -0.818. The molecule has 0 radical (unpaired) electrons. The van der Waals surface area contributed by atoms with E-state index in [-0.39, 0.29) is 13.0 Å². The van der Waals surface area contributed by atoms with E-state index in [1.165, 1.54) is 10.8 Å². The van der Waals surface area contributed by atoms with Crippen LogP contribution in [0.15, 0.2) is 15.8 Å². The molecule has 1 aliphatic rings. The largest absolute Gasteiger partial charge is 0.394 e. The molecule has 2 rings (SSSR count). The van der Waals surface area contributed by atoms with Gasteiger partial charge in [-0.3, -0.25) is 14.3 Å². The van der Waals surface area contributed by atoms with Crippen LogP contribution in [0.25, 0.3) is 0 Å². The molecule has 1 aromatic rings. The van der Waals surface area contributed by atoms with E-state index < -0.39 is 29.7 Å². The minimum Gasteiger partial charge on any atom is -0.394 e. The molecule has 0 bridgehead atoms. The van der Waals surface area contributed by atoms with Crippen LogP contribution in [0.2, 0.25) is 0 Å². The summed E-state index contributed by atoms with van der Waals surface area (Å²) in [7, 11) is 0. The first kappa shape index (κ1) is 12.7. The van der Waals surface area contributed by atoms with Gasteiger partial charge in [-0.25, -0.2) is 4.79 Å². The second-order valence-electron chi connectivity index (χ2n) is 3.76. The van der Waals surface area contributed by atoms with Gasteiger partial charge in [-0.05, 0) is 22.6 Å². The summed E-state index contributed by atoms with van der Waals surface area (Å²) in [6.45, 7) is -0.313. The van der Waals surface area contributed by atoms with Gasteiger partial charge in [0.25, 0.3) is 5.56 Å².